The van der Waals surface area contributed by atoms with Crippen LogP contribution in [-0.2, 0) is 4.79 Å². The minimum Gasteiger partial charge on any atom is -0.303 e. The predicted octanol–water partition coefficient (Wildman–Crippen LogP) is 3.24. The third-order valence-corrected chi connectivity index (χ3v) is 2.95. The van der Waals surface area contributed by atoms with E-state index in [-0.39, 0.29) is 11.7 Å². The molecule has 0 saturated heterocycles. The Morgan fingerprint density at radius 1 is 1.57 bits per heavy atom. The smallest absolute Gasteiger partial charge is 0.136 e. The normalized spacial score (nSPS) is 12.5. The van der Waals surface area contributed by atoms with E-state index < -0.39 is 0 Å². The maximum Gasteiger partial charge on any atom is 0.136 e. The van der Waals surface area contributed by atoms with Gasteiger partial charge in [-0.2, -0.15) is 0 Å². The summed E-state index contributed by atoms with van der Waals surface area (Å²) in [5, 5.41) is 0. The van der Waals surface area contributed by atoms with Crippen LogP contribution in [0.5, 0.6) is 0 Å². The van der Waals surface area contributed by atoms with Crippen molar-refractivity contribution in [3.05, 3.63) is 29.6 Å². The van der Waals surface area contributed by atoms with Gasteiger partial charge < -0.3 is 4.79 Å². The summed E-state index contributed by atoms with van der Waals surface area (Å²) in [7, 11) is 0. The van der Waals surface area contributed by atoms with E-state index in [2.05, 4.69) is 0 Å². The van der Waals surface area contributed by atoms with Crippen LogP contribution >= 0.6 is 11.8 Å². The molecule has 1 unspecified atom stereocenters. The number of thioether (sulfide) groups is 1. The van der Waals surface area contributed by atoms with Crippen LogP contribution in [0.25, 0.3) is 0 Å². The number of aldehydes is 1. The first-order valence-corrected chi connectivity index (χ1v) is 5.68. The summed E-state index contributed by atoms with van der Waals surface area (Å²) in [6.07, 6.45) is 3.22. The molecule has 1 aromatic rings. The van der Waals surface area contributed by atoms with E-state index in [4.69, 9.17) is 0 Å². The van der Waals surface area contributed by atoms with Gasteiger partial charge in [-0.15, -0.1) is 11.8 Å². The van der Waals surface area contributed by atoms with Crippen LogP contribution in [0.4, 0.5) is 4.39 Å². The lowest BCUT2D eigenvalue weighted by molar-refractivity contribution is -0.108. The summed E-state index contributed by atoms with van der Waals surface area (Å²) in [6, 6.07) is 5.01. The quantitative estimate of drug-likeness (QED) is 0.563. The fourth-order valence-electron chi connectivity index (χ4n) is 1.26. The highest BCUT2D eigenvalue weighted by atomic mass is 32.2. The molecule has 0 spiro atoms. The van der Waals surface area contributed by atoms with Crippen molar-refractivity contribution in [3.63, 3.8) is 0 Å². The minimum absolute atomic E-state index is 0.166. The maximum atomic E-state index is 13.1. The van der Waals surface area contributed by atoms with Gasteiger partial charge in [-0.3, -0.25) is 0 Å². The highest BCUT2D eigenvalue weighted by Crippen LogP contribution is 2.25. The second kappa shape index (κ2) is 5.15. The highest BCUT2D eigenvalue weighted by Gasteiger charge is 2.08. The number of hydrogen-bond donors (Lipinski definition) is 0. The van der Waals surface area contributed by atoms with Crippen LogP contribution < -0.4 is 0 Å². The summed E-state index contributed by atoms with van der Waals surface area (Å²) >= 11 is 1.38. The predicted molar refractivity (Wildman–Crippen MR) is 57.3 cm³/mol. The van der Waals surface area contributed by atoms with E-state index >= 15 is 0 Å². The number of carbonyl (C=O) groups is 1. The summed E-state index contributed by atoms with van der Waals surface area (Å²) in [4.78, 5) is 11.0. The molecule has 1 atom stereocenters. The number of halogens is 1. The Morgan fingerprint density at radius 2 is 2.29 bits per heavy atom. The molecule has 0 aliphatic carbocycles. The molecule has 1 rings (SSSR count). The average molecular weight is 212 g/mol. The van der Waals surface area contributed by atoms with Gasteiger partial charge in [0.15, 0.2) is 0 Å². The first-order valence-electron chi connectivity index (χ1n) is 4.46. The molecule has 0 radical (unpaired) electrons. The Balaban J connectivity index is 2.93. The summed E-state index contributed by atoms with van der Waals surface area (Å²) < 4.78 is 13.1. The van der Waals surface area contributed by atoms with Crippen LogP contribution in [0.15, 0.2) is 23.1 Å². The van der Waals surface area contributed by atoms with Gasteiger partial charge in [0.05, 0.1) is 0 Å². The maximum absolute atomic E-state index is 13.1. The third kappa shape index (κ3) is 2.58. The molecule has 3 heteroatoms. The summed E-state index contributed by atoms with van der Waals surface area (Å²) in [5.74, 6) is -0.0291. The van der Waals surface area contributed by atoms with Crippen LogP contribution in [0.2, 0.25) is 0 Å². The lowest BCUT2D eigenvalue weighted by atomic mass is 9.99. The van der Waals surface area contributed by atoms with Crippen LogP contribution in [0.3, 0.4) is 0 Å². The van der Waals surface area contributed by atoms with E-state index in [1.165, 1.54) is 17.8 Å². The van der Waals surface area contributed by atoms with Crippen molar-refractivity contribution in [2.75, 3.05) is 6.26 Å². The van der Waals surface area contributed by atoms with Crippen LogP contribution in [0.1, 0.15) is 24.8 Å². The summed E-state index contributed by atoms with van der Waals surface area (Å²) in [6.45, 7) is 1.96. The zero-order chi connectivity index (χ0) is 10.6. The monoisotopic (exact) mass is 212 g/mol. The van der Waals surface area contributed by atoms with Gasteiger partial charge in [0.25, 0.3) is 0 Å². The molecule has 0 aliphatic heterocycles. The highest BCUT2D eigenvalue weighted by molar-refractivity contribution is 7.98. The number of hydrogen-bond acceptors (Lipinski definition) is 2. The van der Waals surface area contributed by atoms with Crippen molar-refractivity contribution in [2.45, 2.75) is 24.2 Å². The molecular formula is C11H13FOS. The first-order chi connectivity index (χ1) is 6.69. The first kappa shape index (κ1) is 11.2. The van der Waals surface area contributed by atoms with E-state index in [1.54, 1.807) is 6.07 Å². The zero-order valence-electron chi connectivity index (χ0n) is 8.29. The lowest BCUT2D eigenvalue weighted by Gasteiger charge is -2.09. The standard InChI is InChI=1S/C11H13FOS/c1-8(5-6-13)9-3-4-10(12)11(7-9)14-2/h3-4,6-8H,5H2,1-2H3. The average Bonchev–Trinajstić information content (AvgIpc) is 2.19. The van der Waals surface area contributed by atoms with Gasteiger partial charge >= 0.3 is 0 Å². The van der Waals surface area contributed by atoms with E-state index in [1.807, 2.05) is 19.2 Å². The second-order valence-electron chi connectivity index (χ2n) is 3.20. The Hall–Kier alpha value is -0.830. The minimum atomic E-state index is -0.195. The van der Waals surface area contributed by atoms with Crippen LogP contribution in [-0.4, -0.2) is 12.5 Å². The Kier molecular flexibility index (Phi) is 4.14. The Morgan fingerprint density at radius 3 is 2.86 bits per heavy atom. The summed E-state index contributed by atoms with van der Waals surface area (Å²) in [5.41, 5.74) is 1.02. The lowest BCUT2D eigenvalue weighted by Crippen LogP contribution is -1.95. The largest absolute Gasteiger partial charge is 0.303 e. The number of rotatable bonds is 4. The van der Waals surface area contributed by atoms with Crippen molar-refractivity contribution in [1.29, 1.82) is 0 Å². The molecule has 76 valence electrons. The SMILES string of the molecule is CSc1cc(C(C)CC=O)ccc1F. The van der Waals surface area contributed by atoms with Crippen molar-refractivity contribution in [2.24, 2.45) is 0 Å². The van der Waals surface area contributed by atoms with Crippen molar-refractivity contribution >= 4 is 18.0 Å². The van der Waals surface area contributed by atoms with Gasteiger partial charge in [-0.25, -0.2) is 4.39 Å². The fraction of sp³-hybridized carbons (Fsp3) is 0.364. The van der Waals surface area contributed by atoms with E-state index in [0.717, 1.165) is 11.8 Å². The molecular weight excluding hydrogens is 199 g/mol. The number of carbonyl (C=O) groups excluding carboxylic acids is 1. The molecule has 1 aromatic carbocycles. The molecule has 14 heavy (non-hydrogen) atoms. The van der Waals surface area contributed by atoms with Crippen molar-refractivity contribution in [3.8, 4) is 0 Å². The van der Waals surface area contributed by atoms with Crippen LogP contribution in [0, 0.1) is 5.82 Å². The molecule has 0 heterocycles. The number of benzene rings is 1. The van der Waals surface area contributed by atoms with Crippen molar-refractivity contribution < 1.29 is 9.18 Å². The van der Waals surface area contributed by atoms with E-state index in [9.17, 15) is 9.18 Å². The molecule has 0 fully saturated rings. The van der Waals surface area contributed by atoms with Crippen molar-refractivity contribution in [1.82, 2.24) is 0 Å². The zero-order valence-corrected chi connectivity index (χ0v) is 9.10. The molecule has 0 saturated carbocycles. The molecule has 0 aromatic heterocycles. The van der Waals surface area contributed by atoms with Gasteiger partial charge in [0, 0.05) is 11.3 Å². The molecule has 0 N–H and O–H groups in total. The van der Waals surface area contributed by atoms with Gasteiger partial charge in [-0.05, 0) is 29.9 Å². The van der Waals surface area contributed by atoms with Gasteiger partial charge in [0.1, 0.15) is 12.1 Å². The molecule has 0 amide bonds. The third-order valence-electron chi connectivity index (χ3n) is 2.19. The second-order valence-corrected chi connectivity index (χ2v) is 4.05. The van der Waals surface area contributed by atoms with Gasteiger partial charge in [-0.1, -0.05) is 13.0 Å². The topological polar surface area (TPSA) is 17.1 Å². The fourth-order valence-corrected chi connectivity index (χ4v) is 1.78. The molecule has 1 nitrogen and oxygen atoms in total. The molecule has 0 aliphatic rings. The Bertz CT molecular complexity index is 325. The molecule has 0 bridgehead atoms. The Labute approximate surface area is 87.7 Å². The van der Waals surface area contributed by atoms with E-state index in [0.29, 0.717) is 11.3 Å². The van der Waals surface area contributed by atoms with Gasteiger partial charge in [0.2, 0.25) is 0 Å².